The Morgan fingerprint density at radius 1 is 0.971 bits per heavy atom. The predicted octanol–water partition coefficient (Wildman–Crippen LogP) is 3.05. The summed E-state index contributed by atoms with van der Waals surface area (Å²) in [6, 6.07) is 13.6. The maximum Gasteiger partial charge on any atom is 0.305 e. The molecule has 8 nitrogen and oxygen atoms in total. The number of amides is 3. The van der Waals surface area contributed by atoms with E-state index in [1.165, 1.54) is 9.80 Å². The maximum absolute atomic E-state index is 13.7. The SMILES string of the molecule is Cc1cccc(C(=O)N2CCCN(C(=O)C3CC3)C2C(=O)NC(CC(=O)O)c2cccc(C)c2)c1. The van der Waals surface area contributed by atoms with Crippen LogP contribution in [0.5, 0.6) is 0 Å². The molecule has 1 saturated heterocycles. The Bertz CT molecular complexity index is 1140. The van der Waals surface area contributed by atoms with E-state index in [9.17, 15) is 24.3 Å². The Morgan fingerprint density at radius 2 is 1.63 bits per heavy atom. The van der Waals surface area contributed by atoms with E-state index in [4.69, 9.17) is 0 Å². The quantitative estimate of drug-likeness (QED) is 0.638. The van der Waals surface area contributed by atoms with Gasteiger partial charge in [0.2, 0.25) is 5.91 Å². The van der Waals surface area contributed by atoms with Crippen molar-refractivity contribution in [2.45, 2.75) is 51.7 Å². The van der Waals surface area contributed by atoms with E-state index in [1.807, 2.05) is 38.1 Å². The lowest BCUT2D eigenvalue weighted by atomic mass is 10.0. The molecule has 1 aliphatic carbocycles. The van der Waals surface area contributed by atoms with Crippen LogP contribution in [0.1, 0.15) is 58.8 Å². The van der Waals surface area contributed by atoms with Gasteiger partial charge >= 0.3 is 5.97 Å². The minimum Gasteiger partial charge on any atom is -0.481 e. The molecule has 2 unspecified atom stereocenters. The van der Waals surface area contributed by atoms with Crippen LogP contribution < -0.4 is 5.32 Å². The van der Waals surface area contributed by atoms with Crippen LogP contribution in [0.4, 0.5) is 0 Å². The van der Waals surface area contributed by atoms with Crippen LogP contribution in [-0.4, -0.2) is 57.9 Å². The number of carboxylic acid groups (broad SMARTS) is 1. The summed E-state index contributed by atoms with van der Waals surface area (Å²) in [6.45, 7) is 4.48. The molecule has 1 aliphatic heterocycles. The molecule has 2 N–H and O–H groups in total. The van der Waals surface area contributed by atoms with E-state index in [1.54, 1.807) is 24.3 Å². The highest BCUT2D eigenvalue weighted by atomic mass is 16.4. The van der Waals surface area contributed by atoms with Gasteiger partial charge in [0.15, 0.2) is 6.17 Å². The first kappa shape index (κ1) is 24.4. The highest BCUT2D eigenvalue weighted by Gasteiger charge is 2.45. The van der Waals surface area contributed by atoms with Crippen molar-refractivity contribution in [2.75, 3.05) is 13.1 Å². The summed E-state index contributed by atoms with van der Waals surface area (Å²) in [5.74, 6) is -2.18. The minimum absolute atomic E-state index is 0.120. The van der Waals surface area contributed by atoms with Gasteiger partial charge in [-0.2, -0.15) is 0 Å². The van der Waals surface area contributed by atoms with Gasteiger partial charge in [-0.3, -0.25) is 19.2 Å². The number of hydrogen-bond donors (Lipinski definition) is 2. The Hall–Kier alpha value is -3.68. The molecule has 1 heterocycles. The van der Waals surface area contributed by atoms with Crippen LogP contribution in [0, 0.1) is 19.8 Å². The third-order valence-corrected chi connectivity index (χ3v) is 6.50. The van der Waals surface area contributed by atoms with Gasteiger partial charge in [0, 0.05) is 24.6 Å². The van der Waals surface area contributed by atoms with Crippen molar-refractivity contribution in [3.8, 4) is 0 Å². The summed E-state index contributed by atoms with van der Waals surface area (Å²) in [7, 11) is 0. The number of aryl methyl sites for hydroxylation is 2. The van der Waals surface area contributed by atoms with Gasteiger partial charge in [0.1, 0.15) is 0 Å². The zero-order chi connectivity index (χ0) is 25.1. The maximum atomic E-state index is 13.7. The normalized spacial score (nSPS) is 18.6. The number of carbonyl (C=O) groups is 4. The smallest absolute Gasteiger partial charge is 0.305 e. The van der Waals surface area contributed by atoms with Crippen LogP contribution in [0.3, 0.4) is 0 Å². The molecule has 2 aromatic carbocycles. The van der Waals surface area contributed by atoms with Crippen molar-refractivity contribution in [1.82, 2.24) is 15.1 Å². The fraction of sp³-hybridized carbons (Fsp3) is 0.407. The highest BCUT2D eigenvalue weighted by Crippen LogP contribution is 2.33. The van der Waals surface area contributed by atoms with E-state index in [0.29, 0.717) is 30.6 Å². The van der Waals surface area contributed by atoms with Crippen LogP contribution in [0.15, 0.2) is 48.5 Å². The third-order valence-electron chi connectivity index (χ3n) is 6.50. The Kier molecular flexibility index (Phi) is 7.19. The van der Waals surface area contributed by atoms with Gasteiger partial charge in [0.25, 0.3) is 11.8 Å². The van der Waals surface area contributed by atoms with Gasteiger partial charge < -0.3 is 20.2 Å². The van der Waals surface area contributed by atoms with Crippen molar-refractivity contribution >= 4 is 23.7 Å². The number of carbonyl (C=O) groups excluding carboxylic acids is 3. The lowest BCUT2D eigenvalue weighted by Crippen LogP contribution is -2.64. The number of carboxylic acids is 1. The molecule has 0 bridgehead atoms. The zero-order valence-electron chi connectivity index (χ0n) is 20.1. The van der Waals surface area contributed by atoms with E-state index >= 15 is 0 Å². The second-order valence-electron chi connectivity index (χ2n) is 9.47. The number of hydrogen-bond acceptors (Lipinski definition) is 4. The molecule has 0 aromatic heterocycles. The second-order valence-corrected chi connectivity index (χ2v) is 9.47. The average molecular weight is 478 g/mol. The Morgan fingerprint density at radius 3 is 2.26 bits per heavy atom. The van der Waals surface area contributed by atoms with Gasteiger partial charge in [-0.25, -0.2) is 0 Å². The molecule has 0 spiro atoms. The minimum atomic E-state index is -1.13. The number of aliphatic carboxylic acids is 1. The van der Waals surface area contributed by atoms with Gasteiger partial charge in [-0.05, 0) is 50.8 Å². The Labute approximate surface area is 204 Å². The molecule has 2 aromatic rings. The topological polar surface area (TPSA) is 107 Å². The van der Waals surface area contributed by atoms with Crippen molar-refractivity contribution in [2.24, 2.45) is 5.92 Å². The van der Waals surface area contributed by atoms with Gasteiger partial charge in [0.05, 0.1) is 12.5 Å². The van der Waals surface area contributed by atoms with E-state index < -0.39 is 24.1 Å². The molecule has 2 atom stereocenters. The summed E-state index contributed by atoms with van der Waals surface area (Å²) in [6.07, 6.45) is 0.674. The first-order valence-corrected chi connectivity index (χ1v) is 12.0. The number of benzene rings is 2. The second kappa shape index (κ2) is 10.3. The summed E-state index contributed by atoms with van der Waals surface area (Å²) in [5.41, 5.74) is 2.96. The Balaban J connectivity index is 1.66. The summed E-state index contributed by atoms with van der Waals surface area (Å²) in [5, 5.41) is 12.3. The molecule has 184 valence electrons. The van der Waals surface area contributed by atoms with E-state index in [-0.39, 0.29) is 24.2 Å². The molecular weight excluding hydrogens is 446 g/mol. The molecule has 8 heteroatoms. The lowest BCUT2D eigenvalue weighted by molar-refractivity contribution is -0.151. The van der Waals surface area contributed by atoms with Gasteiger partial charge in [-0.15, -0.1) is 0 Å². The fourth-order valence-electron chi connectivity index (χ4n) is 4.62. The number of nitrogens with one attached hydrogen (secondary N) is 1. The van der Waals surface area contributed by atoms with Crippen LogP contribution >= 0.6 is 0 Å². The molecular formula is C27H31N3O5. The molecule has 2 aliphatic rings. The van der Waals surface area contributed by atoms with Gasteiger partial charge in [-0.1, -0.05) is 47.5 Å². The van der Waals surface area contributed by atoms with Crippen molar-refractivity contribution < 1.29 is 24.3 Å². The number of nitrogens with zero attached hydrogens (tertiary/aromatic N) is 2. The molecule has 0 radical (unpaired) electrons. The number of rotatable bonds is 7. The largest absolute Gasteiger partial charge is 0.481 e. The van der Waals surface area contributed by atoms with E-state index in [0.717, 1.165) is 24.0 Å². The van der Waals surface area contributed by atoms with Crippen LogP contribution in [0.2, 0.25) is 0 Å². The molecule has 1 saturated carbocycles. The fourth-order valence-corrected chi connectivity index (χ4v) is 4.62. The standard InChI is InChI=1S/C27H31N3O5/c1-17-6-3-8-20(14-17)22(16-23(31)32)28-24(33)25-29(26(34)19-10-11-19)12-5-13-30(25)27(35)21-9-4-7-18(2)15-21/h3-4,6-9,14-15,19,22,25H,5,10-13,16H2,1-2H3,(H,28,33)(H,31,32). The van der Waals surface area contributed by atoms with Crippen LogP contribution in [-0.2, 0) is 14.4 Å². The summed E-state index contributed by atoms with van der Waals surface area (Å²) >= 11 is 0. The van der Waals surface area contributed by atoms with Crippen molar-refractivity contribution in [3.05, 3.63) is 70.8 Å². The zero-order valence-corrected chi connectivity index (χ0v) is 20.1. The lowest BCUT2D eigenvalue weighted by Gasteiger charge is -2.43. The summed E-state index contributed by atoms with van der Waals surface area (Å²) < 4.78 is 0. The first-order valence-electron chi connectivity index (χ1n) is 12.0. The van der Waals surface area contributed by atoms with Crippen LogP contribution in [0.25, 0.3) is 0 Å². The monoisotopic (exact) mass is 477 g/mol. The predicted molar refractivity (Wildman–Crippen MR) is 129 cm³/mol. The third kappa shape index (κ3) is 5.70. The molecule has 3 amide bonds. The summed E-state index contributed by atoms with van der Waals surface area (Å²) in [4.78, 5) is 54.9. The van der Waals surface area contributed by atoms with Crippen molar-refractivity contribution in [3.63, 3.8) is 0 Å². The first-order chi connectivity index (χ1) is 16.7. The van der Waals surface area contributed by atoms with Crippen molar-refractivity contribution in [1.29, 1.82) is 0 Å². The molecule has 35 heavy (non-hydrogen) atoms. The molecule has 2 fully saturated rings. The van der Waals surface area contributed by atoms with E-state index in [2.05, 4.69) is 5.32 Å². The molecule has 4 rings (SSSR count). The average Bonchev–Trinajstić information content (AvgIpc) is 3.67. The highest BCUT2D eigenvalue weighted by molar-refractivity contribution is 5.99.